The maximum atomic E-state index is 3.72. The summed E-state index contributed by atoms with van der Waals surface area (Å²) in [6, 6.07) is 15.4. The van der Waals surface area contributed by atoms with E-state index in [4.69, 9.17) is 0 Å². The molecule has 1 N–H and O–H groups in total. The molecule has 4 rings (SSSR count). The number of hydrogen-bond acceptors (Lipinski definition) is 1. The Morgan fingerprint density at radius 1 is 0.955 bits per heavy atom. The van der Waals surface area contributed by atoms with Crippen molar-refractivity contribution in [3.8, 4) is 0 Å². The molecule has 0 radical (unpaired) electrons. The monoisotopic (exact) mass is 283 g/mol. The van der Waals surface area contributed by atoms with Crippen molar-refractivity contribution in [1.29, 1.82) is 0 Å². The Morgan fingerprint density at radius 2 is 1.77 bits per heavy atom. The van der Waals surface area contributed by atoms with Crippen LogP contribution >= 0.6 is 0 Å². The van der Waals surface area contributed by atoms with Gasteiger partial charge in [0.2, 0.25) is 0 Å². The molecule has 0 aliphatic heterocycles. The molecule has 3 aromatic rings. The molecule has 1 nitrogen and oxygen atoms in total. The highest BCUT2D eigenvalue weighted by Crippen LogP contribution is 2.29. The number of rotatable bonds is 3. The van der Waals surface area contributed by atoms with Gasteiger partial charge in [0.15, 0.2) is 0 Å². The van der Waals surface area contributed by atoms with Crippen molar-refractivity contribution in [1.82, 2.24) is 5.32 Å². The first kappa shape index (κ1) is 12.9. The highest BCUT2D eigenvalue weighted by atomic mass is 14.8. The second-order valence-electron chi connectivity index (χ2n) is 5.55. The van der Waals surface area contributed by atoms with Crippen LogP contribution in [0.25, 0.3) is 33.3 Å². The maximum Gasteiger partial charge on any atom is 0.0265 e. The van der Waals surface area contributed by atoms with Crippen molar-refractivity contribution in [2.24, 2.45) is 0 Å². The summed E-state index contributed by atoms with van der Waals surface area (Å²) < 4.78 is 0. The smallest absolute Gasteiger partial charge is 0.0265 e. The van der Waals surface area contributed by atoms with E-state index in [0.717, 1.165) is 6.42 Å². The number of benzene rings is 3. The van der Waals surface area contributed by atoms with E-state index < -0.39 is 0 Å². The van der Waals surface area contributed by atoms with Crippen LogP contribution in [0.3, 0.4) is 0 Å². The fourth-order valence-corrected chi connectivity index (χ4v) is 3.27. The molecule has 106 valence electrons. The van der Waals surface area contributed by atoms with E-state index in [2.05, 4.69) is 66.5 Å². The first-order valence-corrected chi connectivity index (χ1v) is 7.56. The minimum Gasteiger partial charge on any atom is -0.364 e. The predicted octanol–water partition coefficient (Wildman–Crippen LogP) is 4.53. The van der Waals surface area contributed by atoms with E-state index in [-0.39, 0.29) is 0 Å². The third-order valence-corrected chi connectivity index (χ3v) is 4.24. The average Bonchev–Trinajstić information content (AvgIpc) is 2.74. The Hall–Kier alpha value is -2.80. The molecule has 0 heterocycles. The van der Waals surface area contributed by atoms with Gasteiger partial charge in [-0.15, -0.1) is 0 Å². The second-order valence-corrected chi connectivity index (χ2v) is 5.55. The fourth-order valence-electron chi connectivity index (χ4n) is 3.27. The summed E-state index contributed by atoms with van der Waals surface area (Å²) in [6.07, 6.45) is 11.0. The fraction of sp³-hybridized carbons (Fsp3) is 0.0476. The van der Waals surface area contributed by atoms with Crippen LogP contribution in [-0.4, -0.2) is 0 Å². The third-order valence-electron chi connectivity index (χ3n) is 4.24. The van der Waals surface area contributed by atoms with Gasteiger partial charge < -0.3 is 5.32 Å². The average molecular weight is 283 g/mol. The summed E-state index contributed by atoms with van der Waals surface area (Å²) in [7, 11) is 0. The van der Waals surface area contributed by atoms with Crippen molar-refractivity contribution in [3.05, 3.63) is 84.3 Å². The Balaban J connectivity index is 2.14. The molecule has 22 heavy (non-hydrogen) atoms. The van der Waals surface area contributed by atoms with Crippen LogP contribution in [0.4, 0.5) is 0 Å². The Morgan fingerprint density at radius 3 is 2.59 bits per heavy atom. The van der Waals surface area contributed by atoms with Crippen LogP contribution in [0, 0.1) is 0 Å². The van der Waals surface area contributed by atoms with Gasteiger partial charge in [-0.2, -0.15) is 0 Å². The van der Waals surface area contributed by atoms with Crippen molar-refractivity contribution in [3.63, 3.8) is 0 Å². The lowest BCUT2D eigenvalue weighted by Crippen LogP contribution is -2.16. The Kier molecular flexibility index (Phi) is 3.05. The summed E-state index contributed by atoms with van der Waals surface area (Å²) in [4.78, 5) is 0. The number of hydrogen-bond donors (Lipinski definition) is 1. The van der Waals surface area contributed by atoms with Gasteiger partial charge in [-0.3, -0.25) is 0 Å². The van der Waals surface area contributed by atoms with E-state index in [1.807, 2.05) is 12.3 Å². The standard InChI is InChI=1S/C21H17N/c1-2-3-14-22-19-9-5-8-17-11-10-15-6-4-7-16-12-13-18(19)21(17)20(15)16/h2-8,10-14,22H,1,9H2/b14-3+. The van der Waals surface area contributed by atoms with E-state index in [0.29, 0.717) is 0 Å². The van der Waals surface area contributed by atoms with Crippen molar-refractivity contribution in [2.75, 3.05) is 0 Å². The summed E-state index contributed by atoms with van der Waals surface area (Å²) in [5.74, 6) is 0. The summed E-state index contributed by atoms with van der Waals surface area (Å²) >= 11 is 0. The summed E-state index contributed by atoms with van der Waals surface area (Å²) in [5.41, 5.74) is 2.52. The predicted molar refractivity (Wildman–Crippen MR) is 96.2 cm³/mol. The number of allylic oxidation sites excluding steroid dienone is 2. The third kappa shape index (κ3) is 1.94. The van der Waals surface area contributed by atoms with Crippen molar-refractivity contribution < 1.29 is 0 Å². The van der Waals surface area contributed by atoms with Gasteiger partial charge in [0.25, 0.3) is 0 Å². The quantitative estimate of drug-likeness (QED) is 0.697. The van der Waals surface area contributed by atoms with Gasteiger partial charge in [-0.1, -0.05) is 67.3 Å². The molecule has 0 atom stereocenters. The summed E-state index contributed by atoms with van der Waals surface area (Å²) in [5, 5.41) is 10.0. The van der Waals surface area contributed by atoms with Gasteiger partial charge in [0, 0.05) is 23.5 Å². The summed E-state index contributed by atoms with van der Waals surface area (Å²) in [6.45, 7) is 3.72. The van der Waals surface area contributed by atoms with Crippen LogP contribution < -0.4 is 10.5 Å². The molecule has 0 bridgehead atoms. The second kappa shape index (κ2) is 5.19. The zero-order valence-corrected chi connectivity index (χ0v) is 12.3. The van der Waals surface area contributed by atoms with Crippen molar-refractivity contribution >= 4 is 33.3 Å². The lowest BCUT2D eigenvalue weighted by molar-refractivity contribution is 1.13. The molecule has 0 saturated carbocycles. The highest BCUT2D eigenvalue weighted by Gasteiger charge is 2.10. The highest BCUT2D eigenvalue weighted by molar-refractivity contribution is 6.13. The minimum absolute atomic E-state index is 0.902. The molecule has 1 aliphatic carbocycles. The topological polar surface area (TPSA) is 12.0 Å². The molecule has 3 aromatic carbocycles. The molecule has 1 aliphatic rings. The molecule has 0 aromatic heterocycles. The largest absolute Gasteiger partial charge is 0.364 e. The Bertz CT molecular complexity index is 974. The Labute approximate surface area is 129 Å². The van der Waals surface area contributed by atoms with E-state index >= 15 is 0 Å². The lowest BCUT2D eigenvalue weighted by Gasteiger charge is -2.11. The van der Waals surface area contributed by atoms with E-state index in [1.54, 1.807) is 6.08 Å². The van der Waals surface area contributed by atoms with Crippen LogP contribution in [0.2, 0.25) is 0 Å². The normalized spacial score (nSPS) is 13.9. The minimum atomic E-state index is 0.902. The molecule has 0 spiro atoms. The van der Waals surface area contributed by atoms with Crippen LogP contribution in [0.5, 0.6) is 0 Å². The first-order valence-electron chi connectivity index (χ1n) is 7.56. The molecular formula is C21H17N. The first-order chi connectivity index (χ1) is 10.9. The van der Waals surface area contributed by atoms with Crippen LogP contribution in [0.15, 0.2) is 73.5 Å². The molecule has 1 heteroatoms. The van der Waals surface area contributed by atoms with Gasteiger partial charge >= 0.3 is 0 Å². The molecule has 0 saturated heterocycles. The van der Waals surface area contributed by atoms with E-state index in [9.17, 15) is 0 Å². The van der Waals surface area contributed by atoms with Gasteiger partial charge in [0.1, 0.15) is 0 Å². The van der Waals surface area contributed by atoms with Crippen molar-refractivity contribution in [2.45, 2.75) is 6.42 Å². The molecule has 0 fully saturated rings. The van der Waals surface area contributed by atoms with Gasteiger partial charge in [0.05, 0.1) is 0 Å². The maximum absolute atomic E-state index is 3.72. The van der Waals surface area contributed by atoms with E-state index in [1.165, 1.54) is 38.0 Å². The van der Waals surface area contributed by atoms with Crippen LogP contribution in [0.1, 0.15) is 12.0 Å². The lowest BCUT2D eigenvalue weighted by atomic mass is 9.95. The number of nitrogens with one attached hydrogen (secondary N) is 1. The van der Waals surface area contributed by atoms with Gasteiger partial charge in [-0.05, 0) is 33.2 Å². The molecular weight excluding hydrogens is 266 g/mol. The SMILES string of the molecule is C=C/C=C/NC1=c2ccc3cccc4ccc(c2c43)C=CC1. The zero-order chi connectivity index (χ0) is 14.9. The van der Waals surface area contributed by atoms with Gasteiger partial charge in [-0.25, -0.2) is 0 Å². The molecule has 0 amide bonds. The van der Waals surface area contributed by atoms with Crippen LogP contribution in [-0.2, 0) is 0 Å². The molecule has 0 unspecified atom stereocenters. The zero-order valence-electron chi connectivity index (χ0n) is 12.3.